The van der Waals surface area contributed by atoms with Crippen molar-refractivity contribution < 1.29 is 57.0 Å². The monoisotopic (exact) mass is 777 g/mol. The zero-order valence-corrected chi connectivity index (χ0v) is 34.7. The Balaban J connectivity index is 1.27. The largest absolute Gasteiger partial charge is 0.462 e. The second kappa shape index (κ2) is 18.4. The van der Waals surface area contributed by atoms with Gasteiger partial charge < -0.3 is 47.5 Å². The minimum absolute atomic E-state index is 0.0102. The zero-order chi connectivity index (χ0) is 39.7. The van der Waals surface area contributed by atoms with Crippen molar-refractivity contribution in [2.75, 3.05) is 42.5 Å². The Morgan fingerprint density at radius 3 is 2.15 bits per heavy atom. The third-order valence-corrected chi connectivity index (χ3v) is 13.9. The van der Waals surface area contributed by atoms with Gasteiger partial charge in [-0.2, -0.15) is 0 Å². The highest BCUT2D eigenvalue weighted by Gasteiger charge is 2.60. The first-order chi connectivity index (χ1) is 26.3. The molecule has 2 saturated carbocycles. The fourth-order valence-corrected chi connectivity index (χ4v) is 11.0. The van der Waals surface area contributed by atoms with Crippen LogP contribution in [0.15, 0.2) is 11.6 Å². The van der Waals surface area contributed by atoms with Crippen molar-refractivity contribution in [1.29, 1.82) is 0 Å². The summed E-state index contributed by atoms with van der Waals surface area (Å²) in [7, 11) is 10.6. The molecule has 13 heteroatoms. The minimum atomic E-state index is -0.712. The number of Topliss-reactive ketones (excluding diaryl/α,β-unsaturated/α-hetero) is 2. The summed E-state index contributed by atoms with van der Waals surface area (Å²) >= 11 is 0. The summed E-state index contributed by atoms with van der Waals surface area (Å²) in [5.74, 6) is -2.62. The lowest BCUT2D eigenvalue weighted by molar-refractivity contribution is -0.314. The summed E-state index contributed by atoms with van der Waals surface area (Å²) in [6, 6.07) is 0.297. The molecule has 0 aromatic heterocycles. The Morgan fingerprint density at radius 2 is 1.51 bits per heavy atom. The molecular weight excluding hydrogens is 710 g/mol. The van der Waals surface area contributed by atoms with Crippen LogP contribution in [0, 0.1) is 35.5 Å². The number of carbonyl (C=O) groups is 3. The van der Waals surface area contributed by atoms with Crippen molar-refractivity contribution in [1.82, 2.24) is 4.90 Å². The first-order valence-electron chi connectivity index (χ1n) is 20.7. The first kappa shape index (κ1) is 42.8. The lowest BCUT2D eigenvalue weighted by Gasteiger charge is -2.44. The molecule has 0 bridgehead atoms. The van der Waals surface area contributed by atoms with E-state index >= 15 is 0 Å². The van der Waals surface area contributed by atoms with E-state index in [0.717, 1.165) is 19.3 Å². The van der Waals surface area contributed by atoms with E-state index in [1.165, 1.54) is 0 Å². The summed E-state index contributed by atoms with van der Waals surface area (Å²) in [6.45, 7) is 7.96. The number of esters is 1. The van der Waals surface area contributed by atoms with Crippen LogP contribution in [-0.4, -0.2) is 139 Å². The van der Waals surface area contributed by atoms with Gasteiger partial charge in [-0.3, -0.25) is 14.4 Å². The maximum absolute atomic E-state index is 14.8. The van der Waals surface area contributed by atoms with Crippen LogP contribution in [0.1, 0.15) is 85.5 Å². The van der Waals surface area contributed by atoms with Gasteiger partial charge in [-0.05, 0) is 103 Å². The molecule has 0 spiro atoms. The van der Waals surface area contributed by atoms with Gasteiger partial charge in [0.25, 0.3) is 0 Å². The summed E-state index contributed by atoms with van der Waals surface area (Å²) in [4.78, 5) is 45.2. The number of hydrogen-bond acceptors (Lipinski definition) is 13. The van der Waals surface area contributed by atoms with Crippen LogP contribution < -0.4 is 0 Å². The number of ether oxygens (including phenoxy) is 9. The molecule has 55 heavy (non-hydrogen) atoms. The van der Waals surface area contributed by atoms with Gasteiger partial charge in [-0.25, -0.2) is 0 Å². The predicted molar refractivity (Wildman–Crippen MR) is 201 cm³/mol. The molecule has 6 rings (SSSR count). The van der Waals surface area contributed by atoms with Crippen LogP contribution in [0.5, 0.6) is 0 Å². The number of hydrogen-bond donors (Lipinski definition) is 0. The highest BCUT2D eigenvalue weighted by atomic mass is 16.7. The molecule has 0 radical (unpaired) electrons. The van der Waals surface area contributed by atoms with Gasteiger partial charge in [-0.1, -0.05) is 19.9 Å². The van der Waals surface area contributed by atoms with Gasteiger partial charge >= 0.3 is 5.97 Å². The molecule has 0 N–H and O–H groups in total. The number of ketones is 2. The highest BCUT2D eigenvalue weighted by molar-refractivity contribution is 6.01. The summed E-state index contributed by atoms with van der Waals surface area (Å²) in [6.07, 6.45) is 3.30. The molecule has 6 aliphatic rings. The van der Waals surface area contributed by atoms with Crippen LogP contribution >= 0.6 is 0 Å². The standard InChI is InChI=1S/C42H67NO12/c1-11-24-13-12-14-32(55-34-16-15-31(43(5)6)22(3)51-34)21(2)36(45)29-19-27-26-17-25(54-42-41(50-10)40(49-9)38(47-7)23(4)52-42)18-30(26)39(48-8)37(46)35(27)28(29)20-33(44)53-24/h19,21-28,30-32,34-35,38-42H,11-18,20H2,1-10H3/t21-,22?,23?,24+,25+,26+,27+,28-,30-,31+,32+,34+,35-,38+,39-,40?,41+,42+/m1/s1. The molecule has 5 fully saturated rings. The number of cyclic esters (lactones) is 1. The molecule has 18 atom stereocenters. The molecule has 3 aliphatic carbocycles. The van der Waals surface area contributed by atoms with E-state index in [0.29, 0.717) is 43.7 Å². The minimum Gasteiger partial charge on any atom is -0.462 e. The molecule has 3 heterocycles. The van der Waals surface area contributed by atoms with E-state index in [2.05, 4.69) is 25.9 Å². The average Bonchev–Trinajstić information content (AvgIpc) is 3.74. The van der Waals surface area contributed by atoms with Gasteiger partial charge in [0.05, 0.1) is 30.8 Å². The maximum atomic E-state index is 14.8. The molecule has 3 saturated heterocycles. The number of fused-ring (bicyclic) bond motifs is 5. The van der Waals surface area contributed by atoms with Crippen molar-refractivity contribution in [3.8, 4) is 0 Å². The van der Waals surface area contributed by atoms with Crippen LogP contribution in [-0.2, 0) is 57.0 Å². The summed E-state index contributed by atoms with van der Waals surface area (Å²) in [5.41, 5.74) is 0.540. The smallest absolute Gasteiger partial charge is 0.306 e. The van der Waals surface area contributed by atoms with Crippen LogP contribution in [0.2, 0.25) is 0 Å². The topological polar surface area (TPSA) is 138 Å². The Hall–Kier alpha value is -1.81. The van der Waals surface area contributed by atoms with E-state index in [1.807, 2.05) is 26.8 Å². The quantitative estimate of drug-likeness (QED) is 0.288. The van der Waals surface area contributed by atoms with E-state index in [4.69, 9.17) is 42.6 Å². The zero-order valence-electron chi connectivity index (χ0n) is 34.7. The second-order valence-electron chi connectivity index (χ2n) is 17.1. The normalized spacial score (nSPS) is 45.6. The summed E-state index contributed by atoms with van der Waals surface area (Å²) in [5, 5.41) is 0. The molecule has 3 aliphatic heterocycles. The SMILES string of the molecule is CC[C@H]1CCC[C@H](O[C@H]2CC[C@H](N(C)C)C(C)O2)[C@@H](C)C(=O)C2=C[C@H]3[C@@H]4C[C@H](O[C@@H]5OC(C)[C@H](OC)C(OC)[C@@H]5OC)C[C@H]4[C@@H](OC)C(=O)[C@H]3[C@@H]2CC(=O)O1. The highest BCUT2D eigenvalue weighted by Crippen LogP contribution is 2.56. The van der Waals surface area contributed by atoms with Crippen LogP contribution in [0.4, 0.5) is 0 Å². The van der Waals surface area contributed by atoms with E-state index in [-0.39, 0.29) is 72.2 Å². The lowest BCUT2D eigenvalue weighted by atomic mass is 9.64. The fourth-order valence-electron chi connectivity index (χ4n) is 11.0. The Morgan fingerprint density at radius 1 is 0.800 bits per heavy atom. The predicted octanol–water partition coefficient (Wildman–Crippen LogP) is 4.52. The molecule has 13 nitrogen and oxygen atoms in total. The van der Waals surface area contributed by atoms with Crippen molar-refractivity contribution in [3.05, 3.63) is 11.6 Å². The van der Waals surface area contributed by atoms with E-state index in [1.54, 1.807) is 28.4 Å². The Kier molecular flexibility index (Phi) is 14.3. The molecule has 312 valence electrons. The Bertz CT molecular complexity index is 1370. The second-order valence-corrected chi connectivity index (χ2v) is 17.1. The molecule has 0 aromatic carbocycles. The van der Waals surface area contributed by atoms with E-state index in [9.17, 15) is 14.4 Å². The molecular formula is C42H67NO12. The molecule has 0 amide bonds. The van der Waals surface area contributed by atoms with Gasteiger partial charge in [0.1, 0.15) is 30.5 Å². The summed E-state index contributed by atoms with van der Waals surface area (Å²) < 4.78 is 55.5. The lowest BCUT2D eigenvalue weighted by Crippen LogP contribution is -2.59. The first-order valence-corrected chi connectivity index (χ1v) is 20.7. The van der Waals surface area contributed by atoms with Gasteiger partial charge in [-0.15, -0.1) is 0 Å². The van der Waals surface area contributed by atoms with Crippen LogP contribution in [0.3, 0.4) is 0 Å². The molecule has 3 unspecified atom stereocenters. The number of likely N-dealkylation sites (N-methyl/N-ethyl adjacent to an activating group) is 1. The third-order valence-electron chi connectivity index (χ3n) is 13.9. The van der Waals surface area contributed by atoms with Gasteiger partial charge in [0.2, 0.25) is 0 Å². The number of nitrogens with zero attached hydrogens (tertiary/aromatic N) is 1. The van der Waals surface area contributed by atoms with Crippen molar-refractivity contribution in [3.63, 3.8) is 0 Å². The number of allylic oxidation sites excluding steroid dienone is 2. The van der Waals surface area contributed by atoms with Gasteiger partial charge in [0.15, 0.2) is 24.1 Å². The molecule has 0 aromatic rings. The van der Waals surface area contributed by atoms with Gasteiger partial charge in [0, 0.05) is 52.2 Å². The van der Waals surface area contributed by atoms with Crippen molar-refractivity contribution in [2.45, 2.75) is 159 Å². The number of methoxy groups -OCH3 is 4. The third kappa shape index (κ3) is 8.66. The van der Waals surface area contributed by atoms with Crippen LogP contribution in [0.25, 0.3) is 0 Å². The van der Waals surface area contributed by atoms with E-state index < -0.39 is 54.7 Å². The number of rotatable bonds is 10. The Labute approximate surface area is 327 Å². The maximum Gasteiger partial charge on any atom is 0.306 e. The number of carbonyl (C=O) groups excluding carboxylic acids is 3. The van der Waals surface area contributed by atoms with Crippen molar-refractivity contribution >= 4 is 17.5 Å². The fraction of sp³-hybridized carbons (Fsp3) is 0.881. The average molecular weight is 778 g/mol. The van der Waals surface area contributed by atoms with Crippen molar-refractivity contribution in [2.24, 2.45) is 35.5 Å².